The van der Waals surface area contributed by atoms with Crippen LogP contribution in [0.3, 0.4) is 0 Å². The quantitative estimate of drug-likeness (QED) is 0.827. The van der Waals surface area contributed by atoms with Crippen LogP contribution >= 0.6 is 0 Å². The molecule has 0 amide bonds. The molecule has 2 N–H and O–H groups in total. The van der Waals surface area contributed by atoms with E-state index in [0.717, 1.165) is 23.0 Å². The normalized spacial score (nSPS) is 10.7. The number of benzene rings is 1. The van der Waals surface area contributed by atoms with Gasteiger partial charge in [0.05, 0.1) is 11.4 Å². The molecule has 3 nitrogen and oxygen atoms in total. The van der Waals surface area contributed by atoms with Gasteiger partial charge in [-0.05, 0) is 13.8 Å². The Morgan fingerprint density at radius 3 is 2.56 bits per heavy atom. The average Bonchev–Trinajstić information content (AvgIpc) is 2.62. The number of hydrogen-bond donors (Lipinski definition) is 2. The Bertz CT molecular complexity index is 559. The molecule has 0 fully saturated rings. The molecule has 0 aliphatic carbocycles. The van der Waals surface area contributed by atoms with Crippen molar-refractivity contribution in [2.75, 3.05) is 5.32 Å². The number of rotatable bonds is 3. The van der Waals surface area contributed by atoms with E-state index < -0.39 is 17.5 Å². The second-order valence-electron chi connectivity index (χ2n) is 4.02. The van der Waals surface area contributed by atoms with Crippen LogP contribution in [0.25, 0.3) is 0 Å². The van der Waals surface area contributed by atoms with Crippen LogP contribution in [0, 0.1) is 31.3 Å². The van der Waals surface area contributed by atoms with E-state index in [1.54, 1.807) is 6.92 Å². The third-order valence-electron chi connectivity index (χ3n) is 2.73. The summed E-state index contributed by atoms with van der Waals surface area (Å²) in [5.74, 6) is -3.12. The monoisotopic (exact) mass is 255 g/mol. The largest absolute Gasteiger partial charge is 0.378 e. The third-order valence-corrected chi connectivity index (χ3v) is 2.73. The lowest BCUT2D eigenvalue weighted by atomic mass is 10.2. The summed E-state index contributed by atoms with van der Waals surface area (Å²) in [6, 6.07) is 1.43. The van der Waals surface area contributed by atoms with Crippen molar-refractivity contribution in [2.24, 2.45) is 0 Å². The van der Waals surface area contributed by atoms with Gasteiger partial charge in [-0.2, -0.15) is 5.10 Å². The van der Waals surface area contributed by atoms with E-state index in [9.17, 15) is 13.2 Å². The second-order valence-corrected chi connectivity index (χ2v) is 4.02. The minimum Gasteiger partial charge on any atom is -0.378 e. The molecule has 1 heterocycles. The first-order valence-electron chi connectivity index (χ1n) is 5.38. The van der Waals surface area contributed by atoms with Crippen molar-refractivity contribution in [1.82, 2.24) is 10.2 Å². The first-order valence-corrected chi connectivity index (χ1v) is 5.38. The van der Waals surface area contributed by atoms with Crippen LogP contribution in [-0.4, -0.2) is 10.2 Å². The molecule has 0 aliphatic rings. The molecule has 1 aromatic carbocycles. The zero-order chi connectivity index (χ0) is 13.3. The van der Waals surface area contributed by atoms with E-state index in [1.807, 2.05) is 6.92 Å². The molecule has 0 saturated carbocycles. The number of aromatic nitrogens is 2. The summed E-state index contributed by atoms with van der Waals surface area (Å²) in [5.41, 5.74) is 2.24. The molecular formula is C12H12F3N3. The van der Waals surface area contributed by atoms with Crippen molar-refractivity contribution >= 4 is 5.69 Å². The molecule has 0 unspecified atom stereocenters. The summed E-state index contributed by atoms with van der Waals surface area (Å²) in [6.07, 6.45) is 0. The van der Waals surface area contributed by atoms with E-state index >= 15 is 0 Å². The number of aromatic amines is 1. The van der Waals surface area contributed by atoms with Gasteiger partial charge in [0.2, 0.25) is 0 Å². The van der Waals surface area contributed by atoms with Gasteiger partial charge in [0, 0.05) is 29.9 Å². The zero-order valence-corrected chi connectivity index (χ0v) is 9.94. The summed E-state index contributed by atoms with van der Waals surface area (Å²) in [7, 11) is 0. The van der Waals surface area contributed by atoms with Gasteiger partial charge in [-0.25, -0.2) is 13.2 Å². The number of halogens is 3. The maximum absolute atomic E-state index is 13.4. The van der Waals surface area contributed by atoms with Gasteiger partial charge in [0.25, 0.3) is 0 Å². The molecule has 18 heavy (non-hydrogen) atoms. The Morgan fingerprint density at radius 1 is 1.22 bits per heavy atom. The summed E-state index contributed by atoms with van der Waals surface area (Å²) in [4.78, 5) is 0. The number of anilines is 1. The summed E-state index contributed by atoms with van der Waals surface area (Å²) >= 11 is 0. The van der Waals surface area contributed by atoms with Gasteiger partial charge < -0.3 is 5.32 Å². The predicted molar refractivity (Wildman–Crippen MR) is 61.7 cm³/mol. The molecular weight excluding hydrogens is 243 g/mol. The molecule has 6 heteroatoms. The zero-order valence-electron chi connectivity index (χ0n) is 9.94. The van der Waals surface area contributed by atoms with Crippen LogP contribution in [0.1, 0.15) is 17.0 Å². The SMILES string of the molecule is Cc1n[nH]c(C)c1CNc1cc(F)cc(F)c1F. The topological polar surface area (TPSA) is 40.7 Å². The Labute approximate surface area is 102 Å². The molecule has 0 saturated heterocycles. The smallest absolute Gasteiger partial charge is 0.182 e. The van der Waals surface area contributed by atoms with Crippen molar-refractivity contribution in [2.45, 2.75) is 20.4 Å². The van der Waals surface area contributed by atoms with Crippen LogP contribution in [-0.2, 0) is 6.54 Å². The van der Waals surface area contributed by atoms with E-state index in [4.69, 9.17) is 0 Å². The maximum Gasteiger partial charge on any atom is 0.182 e. The number of nitrogens with zero attached hydrogens (tertiary/aromatic N) is 1. The lowest BCUT2D eigenvalue weighted by Gasteiger charge is -2.08. The van der Waals surface area contributed by atoms with Crippen LogP contribution in [0.5, 0.6) is 0 Å². The summed E-state index contributed by atoms with van der Waals surface area (Å²) < 4.78 is 39.3. The average molecular weight is 255 g/mol. The van der Waals surface area contributed by atoms with E-state index in [-0.39, 0.29) is 12.2 Å². The molecule has 0 bridgehead atoms. The first-order chi connectivity index (χ1) is 8.49. The Hall–Kier alpha value is -1.98. The van der Waals surface area contributed by atoms with Crippen LogP contribution < -0.4 is 5.32 Å². The highest BCUT2D eigenvalue weighted by molar-refractivity contribution is 5.46. The molecule has 1 aromatic heterocycles. The van der Waals surface area contributed by atoms with Crippen molar-refractivity contribution in [3.05, 3.63) is 46.5 Å². The van der Waals surface area contributed by atoms with Gasteiger partial charge in [0.1, 0.15) is 5.82 Å². The lowest BCUT2D eigenvalue weighted by Crippen LogP contribution is -2.05. The minimum absolute atomic E-state index is 0.201. The third kappa shape index (κ3) is 2.32. The van der Waals surface area contributed by atoms with Crippen LogP contribution in [0.15, 0.2) is 12.1 Å². The number of nitrogens with one attached hydrogen (secondary N) is 2. The standard InChI is InChI=1S/C12H12F3N3/c1-6-9(7(2)18-17-6)5-16-11-4-8(13)3-10(14)12(11)15/h3-4,16H,5H2,1-2H3,(H,17,18). The van der Waals surface area contributed by atoms with Gasteiger partial charge in [-0.15, -0.1) is 0 Å². The van der Waals surface area contributed by atoms with Gasteiger partial charge >= 0.3 is 0 Å². The fraction of sp³-hybridized carbons (Fsp3) is 0.250. The number of hydrogen-bond acceptors (Lipinski definition) is 2. The Morgan fingerprint density at radius 2 is 1.94 bits per heavy atom. The van der Waals surface area contributed by atoms with Crippen molar-refractivity contribution < 1.29 is 13.2 Å². The molecule has 0 aliphatic heterocycles. The Kier molecular flexibility index (Phi) is 3.27. The van der Waals surface area contributed by atoms with Crippen LogP contribution in [0.4, 0.5) is 18.9 Å². The molecule has 0 spiro atoms. The molecule has 2 aromatic rings. The molecule has 96 valence electrons. The van der Waals surface area contributed by atoms with Gasteiger partial charge in [-0.3, -0.25) is 5.10 Å². The predicted octanol–water partition coefficient (Wildman–Crippen LogP) is 3.06. The van der Waals surface area contributed by atoms with E-state index in [2.05, 4.69) is 15.5 Å². The summed E-state index contributed by atoms with van der Waals surface area (Å²) in [6.45, 7) is 3.86. The number of aryl methyl sites for hydroxylation is 2. The summed E-state index contributed by atoms with van der Waals surface area (Å²) in [5, 5.41) is 9.42. The lowest BCUT2D eigenvalue weighted by molar-refractivity contribution is 0.497. The van der Waals surface area contributed by atoms with E-state index in [1.165, 1.54) is 0 Å². The highest BCUT2D eigenvalue weighted by Gasteiger charge is 2.12. The number of H-pyrrole nitrogens is 1. The fourth-order valence-electron chi connectivity index (χ4n) is 1.70. The fourth-order valence-corrected chi connectivity index (χ4v) is 1.70. The van der Waals surface area contributed by atoms with Gasteiger partial charge in [0.15, 0.2) is 11.6 Å². The second kappa shape index (κ2) is 4.72. The first kappa shape index (κ1) is 12.5. The molecule has 2 rings (SSSR count). The minimum atomic E-state index is -1.21. The van der Waals surface area contributed by atoms with Gasteiger partial charge in [-0.1, -0.05) is 0 Å². The molecule has 0 radical (unpaired) electrons. The van der Waals surface area contributed by atoms with Crippen molar-refractivity contribution in [1.29, 1.82) is 0 Å². The van der Waals surface area contributed by atoms with Crippen molar-refractivity contribution in [3.8, 4) is 0 Å². The van der Waals surface area contributed by atoms with Crippen molar-refractivity contribution in [3.63, 3.8) is 0 Å². The Balaban J connectivity index is 2.21. The highest BCUT2D eigenvalue weighted by Crippen LogP contribution is 2.20. The molecule has 0 atom stereocenters. The van der Waals surface area contributed by atoms with Crippen LogP contribution in [0.2, 0.25) is 0 Å². The maximum atomic E-state index is 13.4. The highest BCUT2D eigenvalue weighted by atomic mass is 19.2. The van der Waals surface area contributed by atoms with E-state index in [0.29, 0.717) is 6.07 Å².